The summed E-state index contributed by atoms with van der Waals surface area (Å²) in [5, 5.41) is 1.75. The van der Waals surface area contributed by atoms with Gasteiger partial charge in [0, 0.05) is 16.7 Å². The minimum absolute atomic E-state index is 0.269. The third kappa shape index (κ3) is 3.11. The Morgan fingerprint density at radius 2 is 1.94 bits per heavy atom. The average Bonchev–Trinajstić information content (AvgIpc) is 2.81. The molecule has 0 unspecified atom stereocenters. The van der Waals surface area contributed by atoms with Crippen LogP contribution in [0.3, 0.4) is 0 Å². The second-order valence-electron chi connectivity index (χ2n) is 3.59. The molecule has 0 aliphatic carbocycles. The molecule has 0 radical (unpaired) electrons. The van der Waals surface area contributed by atoms with Crippen LogP contribution in [0.4, 0.5) is 5.69 Å². The fourth-order valence-corrected chi connectivity index (χ4v) is 3.87. The molecule has 0 aliphatic rings. The number of anilines is 1. The molecule has 18 heavy (non-hydrogen) atoms. The number of thiophene rings is 1. The Morgan fingerprint density at radius 3 is 2.50 bits per heavy atom. The quantitative estimate of drug-likeness (QED) is 0.893. The number of benzene rings is 1. The van der Waals surface area contributed by atoms with Crippen LogP contribution in [0.25, 0.3) is 0 Å². The van der Waals surface area contributed by atoms with E-state index in [0.29, 0.717) is 12.2 Å². The van der Waals surface area contributed by atoms with Gasteiger partial charge >= 0.3 is 0 Å². The minimum atomic E-state index is -3.52. The summed E-state index contributed by atoms with van der Waals surface area (Å²) in [5.41, 5.74) is 6.81. The lowest BCUT2D eigenvalue weighted by molar-refractivity contribution is 0.603. The zero-order valence-corrected chi connectivity index (χ0v) is 12.5. The summed E-state index contributed by atoms with van der Waals surface area (Å²) in [6.45, 7) is 0.338. The maximum Gasteiger partial charge on any atom is 0.271 e. The van der Waals surface area contributed by atoms with Crippen LogP contribution >= 0.6 is 27.3 Å². The number of hydrogen-bond donors (Lipinski definition) is 2. The Balaban J connectivity index is 2.24. The number of nitrogens with two attached hydrogens (primary N) is 1. The molecule has 0 atom stereocenters. The van der Waals surface area contributed by atoms with Crippen LogP contribution in [-0.2, 0) is 16.6 Å². The Bertz CT molecular complexity index is 635. The molecule has 2 aromatic rings. The van der Waals surface area contributed by atoms with Gasteiger partial charge in [-0.05, 0) is 41.3 Å². The third-order valence-electron chi connectivity index (χ3n) is 2.23. The van der Waals surface area contributed by atoms with Crippen molar-refractivity contribution in [3.63, 3.8) is 0 Å². The molecule has 1 aromatic carbocycles. The van der Waals surface area contributed by atoms with Crippen molar-refractivity contribution in [1.82, 2.24) is 0 Å². The standard InChI is InChI=1S/C11H11BrN2O2S2/c12-9-1-3-10(4-2-9)14-18(15,16)11-5-8(6-13)7-17-11/h1-5,7,14H,6,13H2. The van der Waals surface area contributed by atoms with Crippen molar-refractivity contribution in [2.75, 3.05) is 4.72 Å². The zero-order valence-electron chi connectivity index (χ0n) is 9.26. The number of nitrogens with one attached hydrogen (secondary N) is 1. The maximum absolute atomic E-state index is 12.1. The molecule has 0 aliphatic heterocycles. The smallest absolute Gasteiger partial charge is 0.271 e. The highest BCUT2D eigenvalue weighted by atomic mass is 79.9. The van der Waals surface area contributed by atoms with Crippen LogP contribution < -0.4 is 10.5 Å². The van der Waals surface area contributed by atoms with Gasteiger partial charge in [-0.25, -0.2) is 8.42 Å². The second-order valence-corrected chi connectivity index (χ2v) is 7.33. The Morgan fingerprint density at radius 1 is 1.28 bits per heavy atom. The van der Waals surface area contributed by atoms with E-state index in [2.05, 4.69) is 20.7 Å². The lowest BCUT2D eigenvalue weighted by atomic mass is 10.3. The molecular formula is C11H11BrN2O2S2. The van der Waals surface area contributed by atoms with E-state index in [1.165, 1.54) is 0 Å². The predicted molar refractivity (Wildman–Crippen MR) is 77.2 cm³/mol. The van der Waals surface area contributed by atoms with Crippen LogP contribution in [0.5, 0.6) is 0 Å². The molecule has 3 N–H and O–H groups in total. The number of rotatable bonds is 4. The molecular weight excluding hydrogens is 336 g/mol. The van der Waals surface area contributed by atoms with Crippen molar-refractivity contribution in [1.29, 1.82) is 0 Å². The fourth-order valence-electron chi connectivity index (χ4n) is 1.32. The van der Waals surface area contributed by atoms with E-state index in [1.54, 1.807) is 35.7 Å². The van der Waals surface area contributed by atoms with E-state index >= 15 is 0 Å². The SMILES string of the molecule is NCc1csc(S(=O)(=O)Nc2ccc(Br)cc2)c1. The summed E-state index contributed by atoms with van der Waals surface area (Å²) in [5.74, 6) is 0. The monoisotopic (exact) mass is 346 g/mol. The van der Waals surface area contributed by atoms with Crippen molar-refractivity contribution in [2.24, 2.45) is 5.73 Å². The van der Waals surface area contributed by atoms with Crippen molar-refractivity contribution in [3.8, 4) is 0 Å². The summed E-state index contributed by atoms with van der Waals surface area (Å²) < 4.78 is 27.8. The van der Waals surface area contributed by atoms with Crippen LogP contribution in [0.15, 0.2) is 44.4 Å². The van der Waals surface area contributed by atoms with Crippen LogP contribution in [0, 0.1) is 0 Å². The van der Waals surface area contributed by atoms with Gasteiger partial charge in [0.05, 0.1) is 0 Å². The highest BCUT2D eigenvalue weighted by Gasteiger charge is 2.16. The Kier molecular flexibility index (Phi) is 4.06. The summed E-state index contributed by atoms with van der Waals surface area (Å²) in [7, 11) is -3.52. The van der Waals surface area contributed by atoms with E-state index < -0.39 is 10.0 Å². The van der Waals surface area contributed by atoms with Crippen molar-refractivity contribution >= 4 is 43.0 Å². The number of halogens is 1. The number of hydrogen-bond acceptors (Lipinski definition) is 4. The summed E-state index contributed by atoms with van der Waals surface area (Å²) in [6.07, 6.45) is 0. The first-order valence-electron chi connectivity index (χ1n) is 5.07. The molecule has 96 valence electrons. The van der Waals surface area contributed by atoms with Crippen molar-refractivity contribution in [2.45, 2.75) is 10.8 Å². The molecule has 0 amide bonds. The Hall–Kier alpha value is -0.890. The molecule has 0 saturated heterocycles. The van der Waals surface area contributed by atoms with Crippen LogP contribution in [-0.4, -0.2) is 8.42 Å². The molecule has 2 rings (SSSR count). The highest BCUT2D eigenvalue weighted by molar-refractivity contribution is 9.10. The maximum atomic E-state index is 12.1. The Labute approximate surface area is 118 Å². The normalized spacial score (nSPS) is 11.4. The second kappa shape index (κ2) is 5.40. The van der Waals surface area contributed by atoms with E-state index in [9.17, 15) is 8.42 Å². The molecule has 7 heteroatoms. The predicted octanol–water partition coefficient (Wildman–Crippen LogP) is 2.77. The first kappa shape index (κ1) is 13.5. The molecule has 0 fully saturated rings. The average molecular weight is 347 g/mol. The number of sulfonamides is 1. The van der Waals surface area contributed by atoms with E-state index in [1.807, 2.05) is 0 Å². The van der Waals surface area contributed by atoms with Crippen LogP contribution in [0.1, 0.15) is 5.56 Å². The molecule has 0 bridgehead atoms. The van der Waals surface area contributed by atoms with Crippen molar-refractivity contribution in [3.05, 3.63) is 45.7 Å². The molecule has 1 heterocycles. The van der Waals surface area contributed by atoms with Gasteiger partial charge in [-0.3, -0.25) is 4.72 Å². The first-order valence-corrected chi connectivity index (χ1v) is 8.23. The summed E-state index contributed by atoms with van der Waals surface area (Å²) >= 11 is 4.46. The van der Waals surface area contributed by atoms with Gasteiger partial charge in [-0.2, -0.15) is 0 Å². The molecule has 0 saturated carbocycles. The van der Waals surface area contributed by atoms with E-state index in [-0.39, 0.29) is 4.21 Å². The lowest BCUT2D eigenvalue weighted by Crippen LogP contribution is -2.11. The van der Waals surface area contributed by atoms with E-state index in [4.69, 9.17) is 5.73 Å². The molecule has 0 spiro atoms. The van der Waals surface area contributed by atoms with Crippen molar-refractivity contribution < 1.29 is 8.42 Å². The third-order valence-corrected chi connectivity index (χ3v) is 5.63. The van der Waals surface area contributed by atoms with Gasteiger partial charge in [0.1, 0.15) is 4.21 Å². The van der Waals surface area contributed by atoms with Gasteiger partial charge in [-0.15, -0.1) is 11.3 Å². The van der Waals surface area contributed by atoms with Gasteiger partial charge in [0.2, 0.25) is 0 Å². The van der Waals surface area contributed by atoms with Gasteiger partial charge in [0.25, 0.3) is 10.0 Å². The van der Waals surface area contributed by atoms with Gasteiger partial charge < -0.3 is 5.73 Å². The topological polar surface area (TPSA) is 72.2 Å². The van der Waals surface area contributed by atoms with E-state index in [0.717, 1.165) is 21.4 Å². The largest absolute Gasteiger partial charge is 0.326 e. The van der Waals surface area contributed by atoms with Gasteiger partial charge in [-0.1, -0.05) is 15.9 Å². The van der Waals surface area contributed by atoms with Crippen LogP contribution in [0.2, 0.25) is 0 Å². The summed E-state index contributed by atoms with van der Waals surface area (Å²) in [4.78, 5) is 0. The highest BCUT2D eigenvalue weighted by Crippen LogP contribution is 2.23. The summed E-state index contributed by atoms with van der Waals surface area (Å²) in [6, 6.07) is 8.53. The molecule has 4 nitrogen and oxygen atoms in total. The molecule has 1 aromatic heterocycles. The van der Waals surface area contributed by atoms with Gasteiger partial charge in [0.15, 0.2) is 0 Å². The fraction of sp³-hybridized carbons (Fsp3) is 0.0909. The minimum Gasteiger partial charge on any atom is -0.326 e. The first-order chi connectivity index (χ1) is 8.51. The zero-order chi connectivity index (χ0) is 13.2. The lowest BCUT2D eigenvalue weighted by Gasteiger charge is -2.05.